The van der Waals surface area contributed by atoms with Crippen LogP contribution in [0.5, 0.6) is 0 Å². The zero-order valence-electron chi connectivity index (χ0n) is 26.2. The predicted octanol–water partition coefficient (Wildman–Crippen LogP) is 5.88. The van der Waals surface area contributed by atoms with Gasteiger partial charge in [0.05, 0.1) is 24.6 Å². The van der Waals surface area contributed by atoms with E-state index in [1.807, 2.05) is 0 Å². The van der Waals surface area contributed by atoms with Crippen LogP contribution in [-0.2, 0) is 16.0 Å². The SMILES string of the molecule is Cc1ccc(NC(=O)N(CCCN2CCOCC2)Cc2ccc(C(=O)Nc3ccccc3NC(=O)OC(C)(C)C)nc2)cc1F. The van der Waals surface area contributed by atoms with Crippen LogP contribution in [0.15, 0.2) is 60.8 Å². The third kappa shape index (κ3) is 10.5. The van der Waals surface area contributed by atoms with Crippen molar-refractivity contribution >= 4 is 35.1 Å². The molecule has 0 unspecified atom stereocenters. The number of halogens is 1. The summed E-state index contributed by atoms with van der Waals surface area (Å²) in [5.41, 5.74) is 1.82. The van der Waals surface area contributed by atoms with Crippen molar-refractivity contribution in [3.63, 3.8) is 0 Å². The number of amides is 4. The lowest BCUT2D eigenvalue weighted by Crippen LogP contribution is -2.40. The molecule has 12 heteroatoms. The number of nitrogens with zero attached hydrogens (tertiary/aromatic N) is 3. The number of anilines is 3. The maximum Gasteiger partial charge on any atom is 0.412 e. The molecule has 1 saturated heterocycles. The molecule has 240 valence electrons. The van der Waals surface area contributed by atoms with Gasteiger partial charge in [-0.05, 0) is 75.6 Å². The van der Waals surface area contributed by atoms with E-state index in [0.29, 0.717) is 42.4 Å². The number of aryl methyl sites for hydroxylation is 1. The molecule has 1 aliphatic heterocycles. The molecule has 0 bridgehead atoms. The molecule has 4 rings (SSSR count). The normalized spacial score (nSPS) is 13.5. The van der Waals surface area contributed by atoms with Gasteiger partial charge >= 0.3 is 12.1 Å². The molecule has 1 aromatic heterocycles. The van der Waals surface area contributed by atoms with E-state index in [1.54, 1.807) is 87.3 Å². The molecule has 0 atom stereocenters. The number of urea groups is 1. The van der Waals surface area contributed by atoms with Crippen LogP contribution in [0.2, 0.25) is 0 Å². The summed E-state index contributed by atoms with van der Waals surface area (Å²) < 4.78 is 24.9. The Morgan fingerprint density at radius 1 is 1.00 bits per heavy atom. The Morgan fingerprint density at radius 3 is 2.36 bits per heavy atom. The van der Waals surface area contributed by atoms with Crippen molar-refractivity contribution in [3.05, 3.63) is 83.4 Å². The van der Waals surface area contributed by atoms with Crippen molar-refractivity contribution in [2.45, 2.75) is 46.3 Å². The van der Waals surface area contributed by atoms with Gasteiger partial charge in [0.15, 0.2) is 0 Å². The highest BCUT2D eigenvalue weighted by Crippen LogP contribution is 2.23. The Morgan fingerprint density at radius 2 is 1.71 bits per heavy atom. The van der Waals surface area contributed by atoms with Crippen molar-refractivity contribution in [2.75, 3.05) is 55.3 Å². The van der Waals surface area contributed by atoms with Gasteiger partial charge in [-0.2, -0.15) is 0 Å². The summed E-state index contributed by atoms with van der Waals surface area (Å²) in [6, 6.07) is 14.3. The number of benzene rings is 2. The minimum absolute atomic E-state index is 0.157. The van der Waals surface area contributed by atoms with Gasteiger partial charge in [-0.15, -0.1) is 0 Å². The van der Waals surface area contributed by atoms with Crippen LogP contribution in [0.25, 0.3) is 0 Å². The van der Waals surface area contributed by atoms with E-state index in [1.165, 1.54) is 6.07 Å². The van der Waals surface area contributed by atoms with Crippen LogP contribution in [0, 0.1) is 12.7 Å². The third-order valence-corrected chi connectivity index (χ3v) is 6.96. The summed E-state index contributed by atoms with van der Waals surface area (Å²) in [7, 11) is 0. The van der Waals surface area contributed by atoms with E-state index < -0.39 is 23.4 Å². The van der Waals surface area contributed by atoms with E-state index in [4.69, 9.17) is 9.47 Å². The van der Waals surface area contributed by atoms with E-state index in [-0.39, 0.29) is 18.3 Å². The van der Waals surface area contributed by atoms with Gasteiger partial charge in [-0.3, -0.25) is 20.0 Å². The Labute approximate surface area is 263 Å². The fourth-order valence-electron chi connectivity index (χ4n) is 4.61. The van der Waals surface area contributed by atoms with Crippen molar-refractivity contribution in [1.82, 2.24) is 14.8 Å². The topological polar surface area (TPSA) is 125 Å². The molecule has 11 nitrogen and oxygen atoms in total. The second-order valence-corrected chi connectivity index (χ2v) is 11.8. The number of rotatable bonds is 10. The Kier molecular flexibility index (Phi) is 11.4. The van der Waals surface area contributed by atoms with Gasteiger partial charge in [0.1, 0.15) is 17.1 Å². The van der Waals surface area contributed by atoms with Crippen LogP contribution in [0.1, 0.15) is 48.8 Å². The minimum atomic E-state index is -0.675. The number of hydrogen-bond acceptors (Lipinski definition) is 7. The average Bonchev–Trinajstić information content (AvgIpc) is 2.99. The van der Waals surface area contributed by atoms with Crippen LogP contribution in [-0.4, -0.2) is 77.8 Å². The average molecular weight is 621 g/mol. The molecular formula is C33H41FN6O5. The Balaban J connectivity index is 1.41. The van der Waals surface area contributed by atoms with Crippen molar-refractivity contribution in [1.29, 1.82) is 0 Å². The number of aromatic nitrogens is 1. The zero-order chi connectivity index (χ0) is 32.4. The number of carbonyl (C=O) groups excluding carboxylic acids is 3. The maximum absolute atomic E-state index is 14.1. The first-order valence-corrected chi connectivity index (χ1v) is 14.9. The van der Waals surface area contributed by atoms with Crippen molar-refractivity contribution in [2.24, 2.45) is 0 Å². The largest absolute Gasteiger partial charge is 0.444 e. The standard InChI is InChI=1S/C33H41FN6O5/c1-23-10-12-25(20-26(23)34)36-31(42)40(15-7-14-39-16-18-44-19-17-39)22-24-11-13-29(35-21-24)30(41)37-27-8-5-6-9-28(27)38-32(43)45-33(2,3)4/h5-6,8-13,20-21H,7,14-19,22H2,1-4H3,(H,36,42)(H,37,41)(H,38,43). The second-order valence-electron chi connectivity index (χ2n) is 11.8. The summed E-state index contributed by atoms with van der Waals surface area (Å²) in [5, 5.41) is 8.23. The summed E-state index contributed by atoms with van der Waals surface area (Å²) in [6.45, 7) is 11.5. The Bertz CT molecular complexity index is 1470. The quantitative estimate of drug-likeness (QED) is 0.258. The van der Waals surface area contributed by atoms with Crippen molar-refractivity contribution in [3.8, 4) is 0 Å². The number of morpholine rings is 1. The summed E-state index contributed by atoms with van der Waals surface area (Å²) in [4.78, 5) is 46.9. The number of ether oxygens (including phenoxy) is 2. The van der Waals surface area contributed by atoms with Crippen molar-refractivity contribution < 1.29 is 28.2 Å². The molecule has 45 heavy (non-hydrogen) atoms. The molecule has 2 heterocycles. The van der Waals surface area contributed by atoms with Crippen LogP contribution < -0.4 is 16.0 Å². The monoisotopic (exact) mass is 620 g/mol. The summed E-state index contributed by atoms with van der Waals surface area (Å²) >= 11 is 0. The smallest absolute Gasteiger partial charge is 0.412 e. The number of pyridine rings is 1. The highest BCUT2D eigenvalue weighted by atomic mass is 19.1. The first-order chi connectivity index (χ1) is 21.5. The fraction of sp³-hybridized carbons (Fsp3) is 0.394. The minimum Gasteiger partial charge on any atom is -0.444 e. The molecule has 0 spiro atoms. The first-order valence-electron chi connectivity index (χ1n) is 14.9. The summed E-state index contributed by atoms with van der Waals surface area (Å²) in [5.74, 6) is -0.866. The molecule has 0 radical (unpaired) electrons. The van der Waals surface area contributed by atoms with Gasteiger partial charge in [-0.25, -0.2) is 14.0 Å². The number of carbonyl (C=O) groups is 3. The van der Waals surface area contributed by atoms with E-state index in [2.05, 4.69) is 25.8 Å². The number of para-hydroxylation sites is 2. The summed E-state index contributed by atoms with van der Waals surface area (Å²) in [6.07, 6.45) is 1.64. The number of hydrogen-bond donors (Lipinski definition) is 3. The van der Waals surface area contributed by atoms with E-state index in [9.17, 15) is 18.8 Å². The molecule has 1 fully saturated rings. The first kappa shape index (κ1) is 33.3. The second kappa shape index (κ2) is 15.4. The van der Waals surface area contributed by atoms with E-state index >= 15 is 0 Å². The van der Waals surface area contributed by atoms with Gasteiger partial charge in [0.2, 0.25) is 0 Å². The van der Waals surface area contributed by atoms with Crippen LogP contribution in [0.3, 0.4) is 0 Å². The lowest BCUT2D eigenvalue weighted by atomic mass is 10.2. The molecule has 2 aromatic carbocycles. The maximum atomic E-state index is 14.1. The molecule has 1 aliphatic rings. The highest BCUT2D eigenvalue weighted by molar-refractivity contribution is 6.05. The molecular weight excluding hydrogens is 579 g/mol. The Hall–Kier alpha value is -4.55. The number of nitrogens with one attached hydrogen (secondary N) is 3. The molecule has 3 N–H and O–H groups in total. The van der Waals surface area contributed by atoms with Gasteiger partial charge in [0, 0.05) is 44.6 Å². The van der Waals surface area contributed by atoms with Gasteiger partial charge < -0.3 is 25.0 Å². The van der Waals surface area contributed by atoms with Crippen LogP contribution >= 0.6 is 0 Å². The molecule has 3 aromatic rings. The molecule has 0 aliphatic carbocycles. The molecule has 0 saturated carbocycles. The predicted molar refractivity (Wildman–Crippen MR) is 171 cm³/mol. The van der Waals surface area contributed by atoms with E-state index in [0.717, 1.165) is 31.6 Å². The van der Waals surface area contributed by atoms with Gasteiger partial charge in [-0.1, -0.05) is 24.3 Å². The van der Waals surface area contributed by atoms with Crippen LogP contribution in [0.4, 0.5) is 31.0 Å². The lowest BCUT2D eigenvalue weighted by molar-refractivity contribution is 0.0365. The zero-order valence-corrected chi connectivity index (χ0v) is 26.2. The lowest BCUT2D eigenvalue weighted by Gasteiger charge is -2.28. The van der Waals surface area contributed by atoms with Gasteiger partial charge in [0.25, 0.3) is 5.91 Å². The highest BCUT2D eigenvalue weighted by Gasteiger charge is 2.20. The fourth-order valence-corrected chi connectivity index (χ4v) is 4.61. The third-order valence-electron chi connectivity index (χ3n) is 6.96. The molecule has 4 amide bonds.